The summed E-state index contributed by atoms with van der Waals surface area (Å²) in [6.45, 7) is 2.34. The molecule has 1 aromatic carbocycles. The molecule has 14 heavy (non-hydrogen) atoms. The van der Waals surface area contributed by atoms with E-state index in [1.54, 1.807) is 6.07 Å². The van der Waals surface area contributed by atoms with Crippen molar-refractivity contribution >= 4 is 15.9 Å². The zero-order valence-electron chi connectivity index (χ0n) is 7.66. The van der Waals surface area contributed by atoms with E-state index in [0.717, 1.165) is 23.2 Å². The van der Waals surface area contributed by atoms with Gasteiger partial charge in [-0.1, -0.05) is 6.07 Å². The fourth-order valence-corrected chi connectivity index (χ4v) is 1.92. The maximum Gasteiger partial charge on any atom is 0.129 e. The molecule has 1 aliphatic rings. The van der Waals surface area contributed by atoms with E-state index >= 15 is 0 Å². The molecule has 0 radical (unpaired) electrons. The van der Waals surface area contributed by atoms with E-state index < -0.39 is 0 Å². The molecular formula is C10H12BrNO2. The summed E-state index contributed by atoms with van der Waals surface area (Å²) in [7, 11) is 0. The van der Waals surface area contributed by atoms with Crippen molar-refractivity contribution in [1.29, 1.82) is 0 Å². The Labute approximate surface area is 91.2 Å². The molecule has 1 saturated heterocycles. The molecule has 4 heteroatoms. The van der Waals surface area contributed by atoms with Crippen molar-refractivity contribution in [3.05, 3.63) is 28.2 Å². The van der Waals surface area contributed by atoms with Gasteiger partial charge in [-0.2, -0.15) is 0 Å². The van der Waals surface area contributed by atoms with Crippen molar-refractivity contribution in [3.63, 3.8) is 0 Å². The van der Waals surface area contributed by atoms with Crippen LogP contribution in [-0.4, -0.2) is 24.9 Å². The number of phenols is 1. The van der Waals surface area contributed by atoms with Crippen LogP contribution < -0.4 is 5.32 Å². The van der Waals surface area contributed by atoms with E-state index in [4.69, 9.17) is 4.74 Å². The van der Waals surface area contributed by atoms with Gasteiger partial charge in [-0.25, -0.2) is 0 Å². The van der Waals surface area contributed by atoms with Crippen molar-refractivity contribution in [1.82, 2.24) is 5.32 Å². The van der Waals surface area contributed by atoms with Gasteiger partial charge < -0.3 is 15.2 Å². The van der Waals surface area contributed by atoms with Crippen molar-refractivity contribution in [2.24, 2.45) is 0 Å². The lowest BCUT2D eigenvalue weighted by Crippen LogP contribution is -2.34. The first-order valence-electron chi connectivity index (χ1n) is 4.57. The van der Waals surface area contributed by atoms with Crippen molar-refractivity contribution in [3.8, 4) is 5.75 Å². The molecule has 0 spiro atoms. The fourth-order valence-electron chi connectivity index (χ4n) is 1.52. The second kappa shape index (κ2) is 4.29. The van der Waals surface area contributed by atoms with Crippen LogP contribution in [0.3, 0.4) is 0 Å². The van der Waals surface area contributed by atoms with Crippen LogP contribution in [0.2, 0.25) is 0 Å². The molecule has 2 rings (SSSR count). The molecule has 0 bridgehead atoms. The Morgan fingerprint density at radius 3 is 3.00 bits per heavy atom. The van der Waals surface area contributed by atoms with Crippen LogP contribution in [0.15, 0.2) is 22.7 Å². The number of rotatable bonds is 1. The quantitative estimate of drug-likeness (QED) is 0.807. The van der Waals surface area contributed by atoms with E-state index in [0.29, 0.717) is 6.61 Å². The minimum atomic E-state index is 0.237. The van der Waals surface area contributed by atoms with Crippen molar-refractivity contribution in [2.45, 2.75) is 6.04 Å². The number of phenolic OH excluding ortho intramolecular Hbond substituents is 1. The zero-order chi connectivity index (χ0) is 9.97. The highest BCUT2D eigenvalue weighted by Crippen LogP contribution is 2.27. The first-order chi connectivity index (χ1) is 6.77. The molecule has 1 atom stereocenters. The fraction of sp³-hybridized carbons (Fsp3) is 0.400. The maximum absolute atomic E-state index is 9.34. The van der Waals surface area contributed by atoms with Gasteiger partial charge in [0.05, 0.1) is 23.7 Å². The molecule has 0 amide bonds. The summed E-state index contributed by atoms with van der Waals surface area (Å²) >= 11 is 3.29. The average Bonchev–Trinajstić information content (AvgIpc) is 2.23. The lowest BCUT2D eigenvalue weighted by molar-refractivity contribution is 0.0768. The Balaban J connectivity index is 2.18. The van der Waals surface area contributed by atoms with Crippen molar-refractivity contribution in [2.75, 3.05) is 19.8 Å². The number of nitrogens with one attached hydrogen (secondary N) is 1. The van der Waals surface area contributed by atoms with Crippen LogP contribution in [-0.2, 0) is 4.74 Å². The third-order valence-corrected chi connectivity index (χ3v) is 2.93. The molecule has 1 heterocycles. The smallest absolute Gasteiger partial charge is 0.129 e. The van der Waals surface area contributed by atoms with Gasteiger partial charge in [0, 0.05) is 6.54 Å². The number of halogens is 1. The number of aromatic hydroxyl groups is 1. The van der Waals surface area contributed by atoms with E-state index in [9.17, 15) is 5.11 Å². The van der Waals surface area contributed by atoms with Gasteiger partial charge in [-0.3, -0.25) is 0 Å². The predicted octanol–water partition coefficient (Wildman–Crippen LogP) is 1.82. The van der Waals surface area contributed by atoms with E-state index in [2.05, 4.69) is 21.2 Å². The summed E-state index contributed by atoms with van der Waals surface area (Å²) in [6, 6.07) is 5.75. The Morgan fingerprint density at radius 2 is 2.36 bits per heavy atom. The van der Waals surface area contributed by atoms with Crippen LogP contribution >= 0.6 is 15.9 Å². The first kappa shape index (κ1) is 9.96. The summed E-state index contributed by atoms with van der Waals surface area (Å²) in [5.41, 5.74) is 1.13. The monoisotopic (exact) mass is 257 g/mol. The normalized spacial score (nSPS) is 22.2. The minimum Gasteiger partial charge on any atom is -0.507 e. The standard InChI is InChI=1S/C10H12BrNO2/c11-8-5-7(1-2-10(8)13)9-6-14-4-3-12-9/h1-2,5,9,12-13H,3-4,6H2/t9-/m1/s1. The SMILES string of the molecule is Oc1ccc([C@H]2COCCN2)cc1Br. The second-order valence-corrected chi connectivity index (χ2v) is 4.15. The lowest BCUT2D eigenvalue weighted by atomic mass is 10.1. The van der Waals surface area contributed by atoms with Crippen molar-refractivity contribution < 1.29 is 9.84 Å². The highest BCUT2D eigenvalue weighted by atomic mass is 79.9. The number of hydrogen-bond donors (Lipinski definition) is 2. The summed E-state index contributed by atoms with van der Waals surface area (Å²) in [5, 5.41) is 12.7. The third kappa shape index (κ3) is 2.08. The van der Waals surface area contributed by atoms with E-state index in [1.165, 1.54) is 0 Å². The molecule has 1 aliphatic heterocycles. The topological polar surface area (TPSA) is 41.5 Å². The number of hydrogen-bond acceptors (Lipinski definition) is 3. The Bertz CT molecular complexity index is 324. The molecule has 0 aliphatic carbocycles. The number of benzene rings is 1. The maximum atomic E-state index is 9.34. The largest absolute Gasteiger partial charge is 0.507 e. The van der Waals surface area contributed by atoms with Crippen LogP contribution in [0, 0.1) is 0 Å². The molecule has 0 unspecified atom stereocenters. The van der Waals surface area contributed by atoms with Gasteiger partial charge in [-0.15, -0.1) is 0 Å². The Kier molecular flexibility index (Phi) is 3.05. The number of morpholine rings is 1. The van der Waals surface area contributed by atoms with E-state index in [1.807, 2.05) is 12.1 Å². The molecule has 3 nitrogen and oxygen atoms in total. The van der Waals surface area contributed by atoms with Gasteiger partial charge in [0.2, 0.25) is 0 Å². The second-order valence-electron chi connectivity index (χ2n) is 3.29. The Morgan fingerprint density at radius 1 is 1.50 bits per heavy atom. The molecule has 0 aromatic heterocycles. The minimum absolute atomic E-state index is 0.237. The third-order valence-electron chi connectivity index (χ3n) is 2.30. The lowest BCUT2D eigenvalue weighted by Gasteiger charge is -2.24. The molecule has 2 N–H and O–H groups in total. The molecule has 1 aromatic rings. The summed E-state index contributed by atoms with van der Waals surface area (Å²) in [4.78, 5) is 0. The summed E-state index contributed by atoms with van der Waals surface area (Å²) < 4.78 is 6.09. The van der Waals surface area contributed by atoms with Gasteiger partial charge in [0.25, 0.3) is 0 Å². The average molecular weight is 258 g/mol. The highest BCUT2D eigenvalue weighted by molar-refractivity contribution is 9.10. The van der Waals surface area contributed by atoms with Crippen LogP contribution in [0.5, 0.6) is 5.75 Å². The van der Waals surface area contributed by atoms with Gasteiger partial charge in [0.15, 0.2) is 0 Å². The van der Waals surface area contributed by atoms with Gasteiger partial charge in [-0.05, 0) is 33.6 Å². The van der Waals surface area contributed by atoms with Crippen LogP contribution in [0.1, 0.15) is 11.6 Å². The summed E-state index contributed by atoms with van der Waals surface area (Å²) in [5.74, 6) is 0.269. The molecular weight excluding hydrogens is 246 g/mol. The number of ether oxygens (including phenoxy) is 1. The highest BCUT2D eigenvalue weighted by Gasteiger charge is 2.15. The van der Waals surface area contributed by atoms with Gasteiger partial charge in [0.1, 0.15) is 5.75 Å². The first-order valence-corrected chi connectivity index (χ1v) is 5.36. The molecule has 1 fully saturated rings. The predicted molar refractivity (Wildman–Crippen MR) is 57.4 cm³/mol. The summed E-state index contributed by atoms with van der Waals surface area (Å²) in [6.07, 6.45) is 0. The van der Waals surface area contributed by atoms with Crippen LogP contribution in [0.4, 0.5) is 0 Å². The van der Waals surface area contributed by atoms with Crippen LogP contribution in [0.25, 0.3) is 0 Å². The molecule has 0 saturated carbocycles. The molecule has 76 valence electrons. The Hall–Kier alpha value is -0.580. The zero-order valence-corrected chi connectivity index (χ0v) is 9.25. The van der Waals surface area contributed by atoms with Gasteiger partial charge >= 0.3 is 0 Å². The van der Waals surface area contributed by atoms with E-state index in [-0.39, 0.29) is 11.8 Å².